The number of nitrogens with zero attached hydrogens (tertiary/aromatic N) is 4. The molecule has 0 aromatic carbocycles. The van der Waals surface area contributed by atoms with Gasteiger partial charge in [0.05, 0.1) is 12.7 Å². The number of azide groups is 1. The van der Waals surface area contributed by atoms with Gasteiger partial charge in [0.15, 0.2) is 0 Å². The molecule has 1 aliphatic rings. The van der Waals surface area contributed by atoms with E-state index in [2.05, 4.69) is 26.5 Å². The molecule has 2 heterocycles. The van der Waals surface area contributed by atoms with Crippen LogP contribution in [-0.4, -0.2) is 34.6 Å². The fraction of sp³-hybridized carbons (Fsp3) is 0.828. The van der Waals surface area contributed by atoms with Crippen LogP contribution in [0.15, 0.2) is 20.9 Å². The lowest BCUT2D eigenvalue weighted by Gasteiger charge is -2.17. The average Bonchev–Trinajstić information content (AvgIpc) is 3.46. The van der Waals surface area contributed by atoms with Crippen molar-refractivity contribution in [2.75, 3.05) is 6.61 Å². The molecule has 1 saturated heterocycles. The van der Waals surface area contributed by atoms with Gasteiger partial charge in [-0.15, -0.1) is 4.52 Å². The number of aromatic nitrogens is 2. The molecular formula is C29H49N5O8P+. The number of ether oxygens (including phenoxy) is 2. The number of aromatic amines is 1. The molecule has 14 heteroatoms. The fourth-order valence-corrected chi connectivity index (χ4v) is 5.65. The maximum Gasteiger partial charge on any atom is 0.757 e. The first-order chi connectivity index (χ1) is 20.8. The molecule has 0 radical (unpaired) electrons. The van der Waals surface area contributed by atoms with Crippen LogP contribution >= 0.6 is 8.25 Å². The Balaban J connectivity index is 1.52. The van der Waals surface area contributed by atoms with Crippen LogP contribution in [0.3, 0.4) is 0 Å². The maximum absolute atomic E-state index is 12.2. The van der Waals surface area contributed by atoms with Crippen molar-refractivity contribution in [1.82, 2.24) is 9.55 Å². The maximum atomic E-state index is 12.2. The SMILES string of the molecule is CCCCCCCCCCCCCCCCCCOC(=O)O[P+](=O)OC(N=[N+]=[N-])[C@@H]1CC[C@H](n2cc(C)c(=O)[nH]c2=O)O1. The van der Waals surface area contributed by atoms with Gasteiger partial charge < -0.3 is 9.47 Å². The molecule has 43 heavy (non-hydrogen) atoms. The lowest BCUT2D eigenvalue weighted by atomic mass is 10.0. The average molecular weight is 627 g/mol. The second-order valence-corrected chi connectivity index (χ2v) is 11.9. The van der Waals surface area contributed by atoms with Crippen LogP contribution in [0.1, 0.15) is 134 Å². The summed E-state index contributed by atoms with van der Waals surface area (Å²) in [4.78, 5) is 40.5. The Hall–Kier alpha value is -2.72. The lowest BCUT2D eigenvalue weighted by molar-refractivity contribution is -0.0515. The van der Waals surface area contributed by atoms with E-state index < -0.39 is 44.2 Å². The lowest BCUT2D eigenvalue weighted by Crippen LogP contribution is -2.34. The largest absolute Gasteiger partial charge is 0.757 e. The summed E-state index contributed by atoms with van der Waals surface area (Å²) in [7, 11) is -3.00. The van der Waals surface area contributed by atoms with E-state index in [-0.39, 0.29) is 6.61 Å². The van der Waals surface area contributed by atoms with Gasteiger partial charge in [-0.25, -0.2) is 4.79 Å². The van der Waals surface area contributed by atoms with Gasteiger partial charge in [-0.05, 0) is 31.7 Å². The second-order valence-electron chi connectivity index (χ2n) is 11.1. The Morgan fingerprint density at radius 1 is 1.02 bits per heavy atom. The van der Waals surface area contributed by atoms with E-state index in [4.69, 9.17) is 19.5 Å². The van der Waals surface area contributed by atoms with Crippen molar-refractivity contribution in [3.05, 3.63) is 43.0 Å². The van der Waals surface area contributed by atoms with Gasteiger partial charge in [0, 0.05) is 21.2 Å². The molecule has 0 amide bonds. The van der Waals surface area contributed by atoms with Crippen LogP contribution in [0.4, 0.5) is 4.79 Å². The minimum absolute atomic E-state index is 0.140. The van der Waals surface area contributed by atoms with Gasteiger partial charge in [-0.1, -0.05) is 113 Å². The first kappa shape index (κ1) is 36.5. The summed E-state index contributed by atoms with van der Waals surface area (Å²) >= 11 is 0. The Morgan fingerprint density at radius 3 is 2.14 bits per heavy atom. The van der Waals surface area contributed by atoms with E-state index in [9.17, 15) is 18.9 Å². The van der Waals surface area contributed by atoms with Crippen LogP contribution in [0.2, 0.25) is 0 Å². The molecule has 13 nitrogen and oxygen atoms in total. The first-order valence-electron chi connectivity index (χ1n) is 15.9. The van der Waals surface area contributed by atoms with Gasteiger partial charge in [-0.3, -0.25) is 14.3 Å². The van der Waals surface area contributed by atoms with E-state index in [0.29, 0.717) is 24.8 Å². The van der Waals surface area contributed by atoms with E-state index in [0.717, 1.165) is 19.3 Å². The number of nitrogens with one attached hydrogen (secondary N) is 1. The number of hydrogen-bond acceptors (Lipinski definition) is 9. The van der Waals surface area contributed by atoms with Crippen LogP contribution in [0, 0.1) is 6.92 Å². The number of carbonyl (C=O) groups excluding carboxylic acids is 1. The molecule has 0 bridgehead atoms. The van der Waals surface area contributed by atoms with Gasteiger partial charge in [0.2, 0.25) is 6.23 Å². The number of aryl methyl sites for hydroxylation is 1. The molecule has 1 aliphatic heterocycles. The highest BCUT2D eigenvalue weighted by molar-refractivity contribution is 7.34. The highest BCUT2D eigenvalue weighted by Gasteiger charge is 2.41. The van der Waals surface area contributed by atoms with Crippen molar-refractivity contribution < 1.29 is 27.9 Å². The zero-order valence-electron chi connectivity index (χ0n) is 25.7. The van der Waals surface area contributed by atoms with Crippen LogP contribution in [-0.2, 0) is 23.1 Å². The van der Waals surface area contributed by atoms with Gasteiger partial charge in [-0.2, -0.15) is 4.79 Å². The third-order valence-corrected chi connectivity index (χ3v) is 8.22. The third-order valence-electron chi connectivity index (χ3n) is 7.53. The van der Waals surface area contributed by atoms with Crippen LogP contribution in [0.5, 0.6) is 0 Å². The van der Waals surface area contributed by atoms with E-state index in [1.54, 1.807) is 6.92 Å². The quantitative estimate of drug-likeness (QED) is 0.0315. The third kappa shape index (κ3) is 15.0. The molecule has 1 N–H and O–H groups in total. The summed E-state index contributed by atoms with van der Waals surface area (Å²) in [6.07, 6.45) is 17.7. The summed E-state index contributed by atoms with van der Waals surface area (Å²) in [5.41, 5.74) is 8.08. The number of H-pyrrole nitrogens is 1. The molecule has 2 unspecified atom stereocenters. The number of unbranched alkanes of at least 4 members (excludes halogenated alkanes) is 15. The molecular weight excluding hydrogens is 577 g/mol. The number of carbonyl (C=O) groups is 1. The molecule has 0 spiro atoms. The smallest absolute Gasteiger partial charge is 0.431 e. The summed E-state index contributed by atoms with van der Waals surface area (Å²) in [5.74, 6) is 0. The van der Waals surface area contributed by atoms with Crippen molar-refractivity contribution in [2.24, 2.45) is 5.11 Å². The van der Waals surface area contributed by atoms with Crippen LogP contribution < -0.4 is 11.2 Å². The van der Waals surface area contributed by atoms with E-state index in [1.807, 2.05) is 0 Å². The predicted molar refractivity (Wildman–Crippen MR) is 163 cm³/mol. The molecule has 4 atom stereocenters. The fourth-order valence-electron chi connectivity index (χ4n) is 5.08. The zero-order chi connectivity index (χ0) is 31.3. The minimum Gasteiger partial charge on any atom is -0.431 e. The van der Waals surface area contributed by atoms with Gasteiger partial charge >= 0.3 is 20.1 Å². The monoisotopic (exact) mass is 626 g/mol. The highest BCUT2D eigenvalue weighted by atomic mass is 31.1. The van der Waals surface area contributed by atoms with E-state index >= 15 is 0 Å². The van der Waals surface area contributed by atoms with Crippen molar-refractivity contribution >= 4 is 14.4 Å². The van der Waals surface area contributed by atoms with Crippen molar-refractivity contribution in [3.63, 3.8) is 0 Å². The normalized spacial score (nSPS) is 17.3. The highest BCUT2D eigenvalue weighted by Crippen LogP contribution is 2.35. The van der Waals surface area contributed by atoms with Gasteiger partial charge in [0.25, 0.3) is 5.56 Å². The van der Waals surface area contributed by atoms with E-state index in [1.165, 1.54) is 87.8 Å². The summed E-state index contributed by atoms with van der Waals surface area (Å²) in [6.45, 7) is 3.94. The molecule has 1 aromatic heterocycles. The van der Waals surface area contributed by atoms with Crippen molar-refractivity contribution in [1.29, 1.82) is 0 Å². The Bertz CT molecular complexity index is 1140. The first-order valence-corrected chi connectivity index (χ1v) is 17.0. The number of hydrogen-bond donors (Lipinski definition) is 1. The Labute approximate surface area is 254 Å². The van der Waals surface area contributed by atoms with Crippen LogP contribution in [0.25, 0.3) is 10.4 Å². The van der Waals surface area contributed by atoms with Gasteiger partial charge in [0.1, 0.15) is 6.23 Å². The minimum atomic E-state index is -3.00. The second kappa shape index (κ2) is 21.9. The Morgan fingerprint density at radius 2 is 1.58 bits per heavy atom. The molecule has 2 rings (SSSR count). The predicted octanol–water partition coefficient (Wildman–Crippen LogP) is 8.25. The summed E-state index contributed by atoms with van der Waals surface area (Å²) < 4.78 is 34.0. The molecule has 242 valence electrons. The number of rotatable bonds is 23. The summed E-state index contributed by atoms with van der Waals surface area (Å²) in [5, 5.41) is 3.46. The molecule has 1 fully saturated rings. The zero-order valence-corrected chi connectivity index (χ0v) is 26.6. The molecule has 0 aliphatic carbocycles. The molecule has 1 aromatic rings. The standard InChI is InChI=1S/C29H48N5O8P/c1-3-4-5-6-7-8-9-10-11-12-13-14-15-16-17-18-21-39-29(37)42-43(38)41-27(32-33-30)24-19-20-25(40-24)34-22-23(2)26(35)31-28(34)36/h22,24-25,27H,3-21H2,1-2H3/p+1/t24-,25+,27?/m0/s1. The van der Waals surface area contributed by atoms with Crippen molar-refractivity contribution in [3.8, 4) is 0 Å². The topological polar surface area (TPSA) is 175 Å². The van der Waals surface area contributed by atoms with Crippen molar-refractivity contribution in [2.45, 2.75) is 148 Å². The summed E-state index contributed by atoms with van der Waals surface area (Å²) in [6, 6.07) is 0. The Kier molecular flexibility index (Phi) is 18.6. The molecule has 0 saturated carbocycles.